The van der Waals surface area contributed by atoms with Crippen molar-refractivity contribution in [2.24, 2.45) is 0 Å². The molecule has 0 bridgehead atoms. The molecular weight excluding hydrogens is 710 g/mol. The van der Waals surface area contributed by atoms with E-state index in [0.29, 0.717) is 22.6 Å². The smallest absolute Gasteiger partial charge is 0.343 e. The van der Waals surface area contributed by atoms with E-state index in [1.54, 1.807) is 19.9 Å². The molecule has 0 aliphatic heterocycles. The number of pyridine rings is 2. The lowest BCUT2D eigenvalue weighted by Crippen LogP contribution is -2.18. The van der Waals surface area contributed by atoms with Crippen molar-refractivity contribution in [2.75, 3.05) is 13.2 Å². The van der Waals surface area contributed by atoms with Crippen LogP contribution in [0, 0.1) is 13.8 Å². The van der Waals surface area contributed by atoms with Crippen molar-refractivity contribution in [3.8, 4) is 0 Å². The highest BCUT2D eigenvalue weighted by atomic mass is 128. The van der Waals surface area contributed by atoms with Crippen LogP contribution in [0.15, 0.2) is 53.6 Å². The molecular formula is C26H25ClI2N2O5. The van der Waals surface area contributed by atoms with Gasteiger partial charge in [-0.05, 0) is 57.0 Å². The first-order chi connectivity index (χ1) is 17.3. The average molecular weight is 735 g/mol. The van der Waals surface area contributed by atoms with Gasteiger partial charge in [0, 0.05) is 65.9 Å². The van der Waals surface area contributed by atoms with Gasteiger partial charge in [0.1, 0.15) is 5.56 Å². The first-order valence-corrected chi connectivity index (χ1v) is 17.6. The van der Waals surface area contributed by atoms with E-state index < -0.39 is 11.9 Å². The minimum Gasteiger partial charge on any atom is -0.462 e. The molecule has 0 fully saturated rings. The van der Waals surface area contributed by atoms with Gasteiger partial charge in [-0.3, -0.25) is 9.78 Å². The monoisotopic (exact) mass is 734 g/mol. The number of aryl methyl sites for hydroxylation is 2. The molecule has 0 saturated carbocycles. The zero-order valence-corrected chi connectivity index (χ0v) is 25.2. The standard InChI is InChI=1S/C13H12ClNO2.C13H13NO3.I2/c1-3-17-13(16)10-7-15-11-6-8(2)4-5-9(11)12(10)14;1-3-17-13(16)10-7-14-11-6-8(2)4-5-9(11)12(10)15;1-2/h4-7H,3H2,1-2H3;4-7H,3H2,1-2H3,(H,14,15);. The van der Waals surface area contributed by atoms with Crippen molar-refractivity contribution in [3.05, 3.63) is 86.3 Å². The van der Waals surface area contributed by atoms with Crippen molar-refractivity contribution in [1.29, 1.82) is 0 Å². The molecule has 2 aromatic carbocycles. The zero-order chi connectivity index (χ0) is 26.8. The number of carbonyl (C=O) groups is 2. The molecule has 0 aliphatic rings. The van der Waals surface area contributed by atoms with Gasteiger partial charge in [-0.2, -0.15) is 0 Å². The van der Waals surface area contributed by atoms with Crippen molar-refractivity contribution < 1.29 is 19.1 Å². The summed E-state index contributed by atoms with van der Waals surface area (Å²) in [6, 6.07) is 11.1. The quantitative estimate of drug-likeness (QED) is 0.177. The van der Waals surface area contributed by atoms with Crippen molar-refractivity contribution in [2.45, 2.75) is 27.7 Å². The number of nitrogens with zero attached hydrogens (tertiary/aromatic N) is 1. The number of nitrogens with one attached hydrogen (secondary N) is 1. The summed E-state index contributed by atoms with van der Waals surface area (Å²) in [6.45, 7) is 7.96. The lowest BCUT2D eigenvalue weighted by Gasteiger charge is -2.06. The van der Waals surface area contributed by atoms with E-state index in [1.807, 2.05) is 44.2 Å². The van der Waals surface area contributed by atoms with Crippen LogP contribution in [0.5, 0.6) is 0 Å². The normalized spacial score (nSPS) is 10.1. The van der Waals surface area contributed by atoms with Crippen molar-refractivity contribution in [1.82, 2.24) is 9.97 Å². The minimum atomic E-state index is -0.587. The number of carbonyl (C=O) groups excluding carboxylic acids is 2. The molecule has 0 aliphatic carbocycles. The van der Waals surface area contributed by atoms with E-state index >= 15 is 0 Å². The topological polar surface area (TPSA) is 98.4 Å². The first-order valence-electron chi connectivity index (χ1n) is 10.9. The van der Waals surface area contributed by atoms with Gasteiger partial charge in [0.15, 0.2) is 0 Å². The summed E-state index contributed by atoms with van der Waals surface area (Å²) in [5, 5.41) is 1.66. The molecule has 190 valence electrons. The molecule has 2 aromatic heterocycles. The molecule has 4 aromatic rings. The van der Waals surface area contributed by atoms with E-state index in [0.717, 1.165) is 27.5 Å². The maximum atomic E-state index is 12.0. The highest BCUT2D eigenvalue weighted by molar-refractivity contribution is 15.0. The molecule has 0 unspecified atom stereocenters. The Bertz CT molecular complexity index is 1440. The second-order valence-electron chi connectivity index (χ2n) is 7.53. The molecule has 0 radical (unpaired) electrons. The van der Waals surface area contributed by atoms with E-state index in [2.05, 4.69) is 47.2 Å². The van der Waals surface area contributed by atoms with Gasteiger partial charge in [-0.1, -0.05) is 29.8 Å². The molecule has 7 nitrogen and oxygen atoms in total. The molecule has 0 amide bonds. The van der Waals surface area contributed by atoms with Crippen LogP contribution in [0.3, 0.4) is 0 Å². The summed E-state index contributed by atoms with van der Waals surface area (Å²) < 4.78 is 9.74. The minimum absolute atomic E-state index is 0.0446. The second kappa shape index (κ2) is 14.5. The number of halogens is 3. The molecule has 0 atom stereocenters. The Balaban J connectivity index is 0.000000237. The summed E-state index contributed by atoms with van der Waals surface area (Å²) >= 11 is 10.4. The largest absolute Gasteiger partial charge is 0.462 e. The fraction of sp³-hybridized carbons (Fsp3) is 0.231. The average Bonchev–Trinajstić information content (AvgIpc) is 2.86. The molecule has 4 rings (SSSR count). The maximum Gasteiger partial charge on any atom is 0.343 e. The van der Waals surface area contributed by atoms with Crippen LogP contribution in [-0.4, -0.2) is 35.1 Å². The van der Waals surface area contributed by atoms with Gasteiger partial charge in [0.2, 0.25) is 5.43 Å². The van der Waals surface area contributed by atoms with Crippen LogP contribution in [0.25, 0.3) is 21.8 Å². The number of fused-ring (bicyclic) bond motifs is 2. The van der Waals surface area contributed by atoms with Crippen LogP contribution in [-0.2, 0) is 9.47 Å². The predicted octanol–water partition coefficient (Wildman–Crippen LogP) is 7.16. The third kappa shape index (κ3) is 7.39. The Kier molecular flexibility index (Phi) is 12.1. The fourth-order valence-corrected chi connectivity index (χ4v) is 3.60. The summed E-state index contributed by atoms with van der Waals surface area (Å²) in [6.07, 6.45) is 2.87. The number of ether oxygens (including phenoxy) is 2. The number of hydrogen-bond acceptors (Lipinski definition) is 6. The Hall–Kier alpha value is -2.25. The van der Waals surface area contributed by atoms with Crippen molar-refractivity contribution in [3.63, 3.8) is 0 Å². The summed E-state index contributed by atoms with van der Waals surface area (Å²) in [4.78, 5) is 42.4. The third-order valence-electron chi connectivity index (χ3n) is 4.99. The van der Waals surface area contributed by atoms with E-state index in [4.69, 9.17) is 21.1 Å². The lowest BCUT2D eigenvalue weighted by atomic mass is 10.1. The number of H-pyrrole nitrogens is 1. The van der Waals surface area contributed by atoms with Crippen LogP contribution >= 0.6 is 48.8 Å². The van der Waals surface area contributed by atoms with Crippen LogP contribution in [0.4, 0.5) is 0 Å². The number of aromatic nitrogens is 2. The van der Waals surface area contributed by atoms with Gasteiger partial charge in [0.25, 0.3) is 0 Å². The predicted molar refractivity (Wildman–Crippen MR) is 161 cm³/mol. The number of esters is 2. The van der Waals surface area contributed by atoms with Gasteiger partial charge >= 0.3 is 11.9 Å². The molecule has 0 saturated heterocycles. The fourth-order valence-electron chi connectivity index (χ4n) is 3.32. The first kappa shape index (κ1) is 30.0. The number of aromatic amines is 1. The summed E-state index contributed by atoms with van der Waals surface area (Å²) in [5.74, 6) is -1.02. The maximum absolute atomic E-state index is 12.0. The van der Waals surface area contributed by atoms with E-state index in [1.165, 1.54) is 12.4 Å². The molecule has 0 spiro atoms. The number of hydrogen-bond donors (Lipinski definition) is 1. The summed E-state index contributed by atoms with van der Waals surface area (Å²) in [5.41, 5.74) is 3.72. The molecule has 1 N–H and O–H groups in total. The van der Waals surface area contributed by atoms with Crippen LogP contribution < -0.4 is 5.43 Å². The highest BCUT2D eigenvalue weighted by Crippen LogP contribution is 2.26. The number of benzene rings is 2. The zero-order valence-electron chi connectivity index (χ0n) is 20.2. The van der Waals surface area contributed by atoms with Crippen LogP contribution in [0.2, 0.25) is 5.02 Å². The van der Waals surface area contributed by atoms with Gasteiger partial charge in [0.05, 0.1) is 29.3 Å². The highest BCUT2D eigenvalue weighted by Gasteiger charge is 2.15. The van der Waals surface area contributed by atoms with Gasteiger partial charge in [-0.15, -0.1) is 0 Å². The van der Waals surface area contributed by atoms with Gasteiger partial charge < -0.3 is 14.5 Å². The van der Waals surface area contributed by atoms with Crippen LogP contribution in [0.1, 0.15) is 45.7 Å². The Morgan fingerprint density at radius 2 is 1.47 bits per heavy atom. The Morgan fingerprint density at radius 3 is 2.08 bits per heavy atom. The third-order valence-corrected chi connectivity index (χ3v) is 5.39. The molecule has 2 heterocycles. The molecule has 36 heavy (non-hydrogen) atoms. The Morgan fingerprint density at radius 1 is 0.917 bits per heavy atom. The second-order valence-corrected chi connectivity index (χ2v) is 7.91. The van der Waals surface area contributed by atoms with Crippen molar-refractivity contribution >= 4 is 82.6 Å². The van der Waals surface area contributed by atoms with E-state index in [9.17, 15) is 14.4 Å². The summed E-state index contributed by atoms with van der Waals surface area (Å²) in [7, 11) is 0. The van der Waals surface area contributed by atoms with E-state index in [-0.39, 0.29) is 17.6 Å². The Labute approximate surface area is 237 Å². The van der Waals surface area contributed by atoms with Gasteiger partial charge in [-0.25, -0.2) is 9.59 Å². The lowest BCUT2D eigenvalue weighted by molar-refractivity contribution is 0.0516. The molecule has 10 heteroatoms. The number of rotatable bonds is 4. The SMILES string of the molecule is CCOC(=O)c1c[nH]c2cc(C)ccc2c1=O.CCOC(=O)c1cnc2cc(C)ccc2c1Cl.II.